The molecule has 1 heterocycles. The molecule has 1 unspecified atom stereocenters. The summed E-state index contributed by atoms with van der Waals surface area (Å²) in [7, 11) is 0. The lowest BCUT2D eigenvalue weighted by Gasteiger charge is -2.33. The van der Waals surface area contributed by atoms with E-state index < -0.39 is 0 Å². The van der Waals surface area contributed by atoms with Gasteiger partial charge in [-0.15, -0.1) is 0 Å². The van der Waals surface area contributed by atoms with Crippen molar-refractivity contribution in [3.8, 4) is 0 Å². The van der Waals surface area contributed by atoms with Crippen molar-refractivity contribution < 1.29 is 9.59 Å². The van der Waals surface area contributed by atoms with E-state index in [0.29, 0.717) is 18.5 Å². The largest absolute Gasteiger partial charge is 0.328 e. The fourth-order valence-electron chi connectivity index (χ4n) is 2.54. The van der Waals surface area contributed by atoms with Crippen molar-refractivity contribution in [2.75, 3.05) is 6.54 Å². The van der Waals surface area contributed by atoms with E-state index >= 15 is 0 Å². The van der Waals surface area contributed by atoms with Gasteiger partial charge in [-0.2, -0.15) is 0 Å². The van der Waals surface area contributed by atoms with Gasteiger partial charge in [-0.1, -0.05) is 38.0 Å². The van der Waals surface area contributed by atoms with Crippen LogP contribution in [0.1, 0.15) is 42.1 Å². The number of nitrogens with two attached hydrogens (primary N) is 1. The van der Waals surface area contributed by atoms with E-state index in [9.17, 15) is 9.59 Å². The normalized spacial score (nSPS) is 16.4. The molecule has 0 saturated heterocycles. The third-order valence-corrected chi connectivity index (χ3v) is 3.61. The Kier molecular flexibility index (Phi) is 4.32. The molecule has 19 heavy (non-hydrogen) atoms. The molecule has 0 radical (unpaired) electrons. The molecule has 1 aromatic carbocycles. The standard InChI is InChI=1S/C15H20N2O2/c1-2-3-7-12(10-16)17-14(18)9-11-6-4-5-8-13(11)15(17)19/h4-6,8,12H,2-3,7,9-10,16H2,1H3. The van der Waals surface area contributed by atoms with E-state index in [1.807, 2.05) is 18.2 Å². The van der Waals surface area contributed by atoms with Crippen molar-refractivity contribution >= 4 is 11.8 Å². The zero-order valence-corrected chi connectivity index (χ0v) is 11.3. The Morgan fingerprint density at radius 2 is 2.05 bits per heavy atom. The summed E-state index contributed by atoms with van der Waals surface area (Å²) in [6.45, 7) is 2.42. The van der Waals surface area contributed by atoms with Gasteiger partial charge in [0.05, 0.1) is 12.5 Å². The summed E-state index contributed by atoms with van der Waals surface area (Å²) in [5, 5.41) is 0. The average Bonchev–Trinajstić information content (AvgIpc) is 2.42. The Morgan fingerprint density at radius 3 is 2.74 bits per heavy atom. The van der Waals surface area contributed by atoms with Crippen molar-refractivity contribution in [1.82, 2.24) is 4.90 Å². The minimum atomic E-state index is -0.196. The number of fused-ring (bicyclic) bond motifs is 1. The van der Waals surface area contributed by atoms with Crippen LogP contribution in [-0.4, -0.2) is 29.3 Å². The Hall–Kier alpha value is -1.68. The van der Waals surface area contributed by atoms with E-state index in [1.54, 1.807) is 6.07 Å². The Labute approximate surface area is 113 Å². The third-order valence-electron chi connectivity index (χ3n) is 3.61. The molecule has 1 aliphatic rings. The molecule has 1 atom stereocenters. The quantitative estimate of drug-likeness (QED) is 0.820. The molecule has 0 spiro atoms. The molecule has 4 heteroatoms. The van der Waals surface area contributed by atoms with Crippen molar-refractivity contribution in [2.45, 2.75) is 38.6 Å². The van der Waals surface area contributed by atoms with Gasteiger partial charge in [0.2, 0.25) is 5.91 Å². The first-order valence-corrected chi connectivity index (χ1v) is 6.83. The highest BCUT2D eigenvalue weighted by molar-refractivity contribution is 6.10. The van der Waals surface area contributed by atoms with Crippen LogP contribution in [0.25, 0.3) is 0 Å². The van der Waals surface area contributed by atoms with Gasteiger partial charge in [0.25, 0.3) is 5.91 Å². The van der Waals surface area contributed by atoms with Crippen LogP contribution < -0.4 is 5.73 Å². The van der Waals surface area contributed by atoms with Crippen LogP contribution in [0.4, 0.5) is 0 Å². The van der Waals surface area contributed by atoms with E-state index in [2.05, 4.69) is 6.92 Å². The van der Waals surface area contributed by atoms with Crippen molar-refractivity contribution in [3.05, 3.63) is 35.4 Å². The molecule has 4 nitrogen and oxygen atoms in total. The summed E-state index contributed by atoms with van der Waals surface area (Å²) >= 11 is 0. The van der Waals surface area contributed by atoms with Gasteiger partial charge >= 0.3 is 0 Å². The number of unbranched alkanes of at least 4 members (excludes halogenated alkanes) is 1. The van der Waals surface area contributed by atoms with Crippen molar-refractivity contribution in [1.29, 1.82) is 0 Å². The number of imide groups is 1. The molecule has 1 aliphatic heterocycles. The van der Waals surface area contributed by atoms with Gasteiger partial charge in [-0.3, -0.25) is 14.5 Å². The molecule has 0 bridgehead atoms. The van der Waals surface area contributed by atoms with Gasteiger partial charge in [0, 0.05) is 12.1 Å². The van der Waals surface area contributed by atoms with Crippen LogP contribution in [0.2, 0.25) is 0 Å². The van der Waals surface area contributed by atoms with Crippen LogP contribution in [0, 0.1) is 0 Å². The zero-order chi connectivity index (χ0) is 13.8. The average molecular weight is 260 g/mol. The third kappa shape index (κ3) is 2.68. The summed E-state index contributed by atoms with van der Waals surface area (Å²) in [5.74, 6) is -0.325. The number of carbonyl (C=O) groups is 2. The molecule has 0 fully saturated rings. The van der Waals surface area contributed by atoms with E-state index in [1.165, 1.54) is 4.90 Å². The summed E-state index contributed by atoms with van der Waals surface area (Å²) in [5.41, 5.74) is 7.20. The number of hydrogen-bond acceptors (Lipinski definition) is 3. The van der Waals surface area contributed by atoms with Gasteiger partial charge in [0.1, 0.15) is 0 Å². The summed E-state index contributed by atoms with van der Waals surface area (Å²) in [4.78, 5) is 26.0. The second kappa shape index (κ2) is 5.97. The predicted molar refractivity (Wildman–Crippen MR) is 73.7 cm³/mol. The van der Waals surface area contributed by atoms with Gasteiger partial charge < -0.3 is 5.73 Å². The summed E-state index contributed by atoms with van der Waals surface area (Å²) < 4.78 is 0. The summed E-state index contributed by atoms with van der Waals surface area (Å²) in [6.07, 6.45) is 3.08. The Balaban J connectivity index is 2.27. The van der Waals surface area contributed by atoms with Crippen molar-refractivity contribution in [2.24, 2.45) is 5.73 Å². The maximum absolute atomic E-state index is 12.4. The first-order chi connectivity index (χ1) is 9.19. The number of amides is 2. The highest BCUT2D eigenvalue weighted by atomic mass is 16.2. The predicted octanol–water partition coefficient (Wildman–Crippen LogP) is 1.73. The van der Waals surface area contributed by atoms with Crippen LogP contribution in [-0.2, 0) is 11.2 Å². The minimum Gasteiger partial charge on any atom is -0.328 e. The topological polar surface area (TPSA) is 63.4 Å². The summed E-state index contributed by atoms with van der Waals surface area (Å²) in [6, 6.07) is 7.13. The van der Waals surface area contributed by atoms with Crippen LogP contribution in [0.15, 0.2) is 24.3 Å². The van der Waals surface area contributed by atoms with E-state index in [-0.39, 0.29) is 17.9 Å². The number of benzene rings is 1. The minimum absolute atomic E-state index is 0.129. The van der Waals surface area contributed by atoms with Gasteiger partial charge in [-0.25, -0.2) is 0 Å². The monoisotopic (exact) mass is 260 g/mol. The SMILES string of the molecule is CCCCC(CN)N1C(=O)Cc2ccccc2C1=O. The Bertz CT molecular complexity index is 485. The van der Waals surface area contributed by atoms with Crippen LogP contribution in [0.3, 0.4) is 0 Å². The molecule has 2 rings (SSSR count). The molecule has 0 aromatic heterocycles. The zero-order valence-electron chi connectivity index (χ0n) is 11.3. The highest BCUT2D eigenvalue weighted by Crippen LogP contribution is 2.22. The molecule has 2 amide bonds. The second-order valence-electron chi connectivity index (χ2n) is 4.93. The lowest BCUT2D eigenvalue weighted by atomic mass is 9.96. The van der Waals surface area contributed by atoms with Crippen LogP contribution in [0.5, 0.6) is 0 Å². The molecule has 0 aliphatic carbocycles. The number of hydrogen-bond donors (Lipinski definition) is 1. The lowest BCUT2D eigenvalue weighted by molar-refractivity contribution is -0.130. The molecular weight excluding hydrogens is 240 g/mol. The first-order valence-electron chi connectivity index (χ1n) is 6.83. The molecule has 0 saturated carbocycles. The number of carbonyl (C=O) groups excluding carboxylic acids is 2. The molecule has 2 N–H and O–H groups in total. The smallest absolute Gasteiger partial charge is 0.261 e. The molecular formula is C15H20N2O2. The molecule has 1 aromatic rings. The van der Waals surface area contributed by atoms with Gasteiger partial charge in [0.15, 0.2) is 0 Å². The van der Waals surface area contributed by atoms with E-state index in [4.69, 9.17) is 5.73 Å². The fourth-order valence-corrected chi connectivity index (χ4v) is 2.54. The fraction of sp³-hybridized carbons (Fsp3) is 0.467. The first kappa shape index (κ1) is 13.7. The molecule has 102 valence electrons. The number of rotatable bonds is 5. The van der Waals surface area contributed by atoms with Crippen LogP contribution >= 0.6 is 0 Å². The second-order valence-corrected chi connectivity index (χ2v) is 4.93. The lowest BCUT2D eigenvalue weighted by Crippen LogP contribution is -2.51. The van der Waals surface area contributed by atoms with E-state index in [0.717, 1.165) is 24.8 Å². The maximum atomic E-state index is 12.4. The Morgan fingerprint density at radius 1 is 1.32 bits per heavy atom. The van der Waals surface area contributed by atoms with Gasteiger partial charge in [-0.05, 0) is 18.1 Å². The number of nitrogens with zero attached hydrogens (tertiary/aromatic N) is 1. The highest BCUT2D eigenvalue weighted by Gasteiger charge is 2.34. The van der Waals surface area contributed by atoms with Crippen molar-refractivity contribution in [3.63, 3.8) is 0 Å². The maximum Gasteiger partial charge on any atom is 0.261 e.